The van der Waals surface area contributed by atoms with Crippen LogP contribution < -0.4 is 19.3 Å². The third-order valence-corrected chi connectivity index (χ3v) is 16.2. The fraction of sp³-hybridized carbons (Fsp3) is 0.0959. The number of anilines is 4. The van der Waals surface area contributed by atoms with E-state index in [1.54, 1.807) is 5.56 Å². The number of para-hydroxylation sites is 4. The van der Waals surface area contributed by atoms with E-state index < -0.39 is 0 Å². The minimum atomic E-state index is 0. The maximum Gasteiger partial charge on any atom is 0.143 e. The van der Waals surface area contributed by atoms with Crippen molar-refractivity contribution in [2.75, 3.05) is 9.80 Å². The molecule has 0 atom stereocenters. The molecule has 0 amide bonds. The smallest absolute Gasteiger partial charge is 0.143 e. The molecule has 0 spiro atoms. The molecule has 12 aromatic rings. The quantitative estimate of drug-likeness (QED) is 0.121. The Morgan fingerprint density at radius 2 is 1.05 bits per heavy atom. The number of fused-ring (bicyclic) bond motifs is 4. The molecule has 0 saturated heterocycles. The Labute approximate surface area is 481 Å². The van der Waals surface area contributed by atoms with E-state index in [1.807, 2.05) is 30.5 Å². The van der Waals surface area contributed by atoms with Gasteiger partial charge in [-0.25, -0.2) is 4.98 Å². The zero-order chi connectivity index (χ0) is 52.2. The Kier molecular flexibility index (Phi) is 13.0. The van der Waals surface area contributed by atoms with E-state index in [4.69, 9.17) is 14.5 Å². The molecule has 6 nitrogen and oxygen atoms in total. The number of aromatic nitrogens is 2. The molecule has 0 fully saturated rings. The van der Waals surface area contributed by atoms with Crippen LogP contribution in [0.3, 0.4) is 0 Å². The summed E-state index contributed by atoms with van der Waals surface area (Å²) in [6.45, 7) is 2.18. The van der Waals surface area contributed by atoms with Gasteiger partial charge in [0.1, 0.15) is 17.3 Å². The average molecular weight is 1210 g/mol. The van der Waals surface area contributed by atoms with Crippen molar-refractivity contribution in [1.82, 2.24) is 9.55 Å². The monoisotopic (exact) mass is 1210 g/mol. The number of ether oxygens (including phenoxy) is 2. The van der Waals surface area contributed by atoms with Gasteiger partial charge in [-0.15, -0.1) is 48.1 Å². The van der Waals surface area contributed by atoms with Crippen molar-refractivity contribution in [3.63, 3.8) is 0 Å². The van der Waals surface area contributed by atoms with E-state index in [1.165, 1.54) is 59.1 Å². The van der Waals surface area contributed by atoms with Crippen LogP contribution in [0.2, 0.25) is 0 Å². The van der Waals surface area contributed by atoms with Crippen molar-refractivity contribution >= 4 is 44.6 Å². The summed E-state index contributed by atoms with van der Waals surface area (Å²) in [5.41, 5.74) is 19.8. The van der Waals surface area contributed by atoms with Crippen LogP contribution in [0.15, 0.2) is 237 Å². The summed E-state index contributed by atoms with van der Waals surface area (Å²) in [5, 5.41) is 2.14. The molecule has 390 valence electrons. The van der Waals surface area contributed by atoms with Crippen molar-refractivity contribution in [2.24, 2.45) is 0 Å². The molecule has 3 heterocycles. The average Bonchev–Trinajstić information content (AvgIpc) is 4.19. The summed E-state index contributed by atoms with van der Waals surface area (Å²) < 4.78 is 16.4. The van der Waals surface area contributed by atoms with Crippen LogP contribution in [-0.4, -0.2) is 9.55 Å². The first-order valence-electron chi connectivity index (χ1n) is 27.6. The fourth-order valence-corrected chi connectivity index (χ4v) is 12.9. The Balaban J connectivity index is 0.00000577. The summed E-state index contributed by atoms with van der Waals surface area (Å²) in [7, 11) is 0. The van der Waals surface area contributed by atoms with Gasteiger partial charge in [0.25, 0.3) is 0 Å². The molecule has 3 aliphatic rings. The van der Waals surface area contributed by atoms with Crippen LogP contribution in [0.4, 0.5) is 22.7 Å². The molecule has 0 bridgehead atoms. The molecule has 0 unspecified atom stereocenters. The number of hydrogen-bond acceptors (Lipinski definition) is 5. The summed E-state index contributed by atoms with van der Waals surface area (Å²) in [5.74, 6) is 4.09. The Hall–Kier alpha value is -8.96. The molecule has 0 radical (unpaired) electrons. The first-order chi connectivity index (χ1) is 39.2. The Morgan fingerprint density at radius 3 is 1.70 bits per heavy atom. The molecule has 0 saturated carbocycles. The third kappa shape index (κ3) is 8.67. The molecule has 2 aliphatic carbocycles. The minimum Gasteiger partial charge on any atom is -0.509 e. The predicted octanol–water partition coefficient (Wildman–Crippen LogP) is 19.2. The number of benzene rings is 10. The molecule has 10 aromatic carbocycles. The van der Waals surface area contributed by atoms with Gasteiger partial charge in [0.2, 0.25) is 0 Å². The van der Waals surface area contributed by atoms with E-state index in [2.05, 4.69) is 239 Å². The molecule has 7 heteroatoms. The van der Waals surface area contributed by atoms with Gasteiger partial charge in [-0.05, 0) is 113 Å². The van der Waals surface area contributed by atoms with Crippen molar-refractivity contribution in [1.29, 1.82) is 0 Å². The van der Waals surface area contributed by atoms with E-state index in [9.17, 15) is 0 Å². The molecule has 2 aromatic heterocycles. The van der Waals surface area contributed by atoms with Crippen LogP contribution in [-0.2, 0) is 33.9 Å². The zero-order valence-corrected chi connectivity index (χ0v) is 46.1. The SMILES string of the molecule is [Pt].[c-]1c(Oc2[c-]c3c(cc2)c2ccccc2n3-c2cc(Oc3c(-c4ccccc4)c4c5c(c3-c3ccccc3)CCCC5CCC4)ccn2)cccc1N1[CH-]N(c2c(-c3ccccc3)cccc2-c2ccccc2)c2ccccc21. The summed E-state index contributed by atoms with van der Waals surface area (Å²) in [6, 6.07) is 88.3. The van der Waals surface area contributed by atoms with Gasteiger partial charge in [-0.2, -0.15) is 12.1 Å². The van der Waals surface area contributed by atoms with E-state index in [0.717, 1.165) is 97.0 Å². The van der Waals surface area contributed by atoms with Gasteiger partial charge in [0.15, 0.2) is 0 Å². The van der Waals surface area contributed by atoms with Crippen LogP contribution >= 0.6 is 0 Å². The maximum atomic E-state index is 7.44. The van der Waals surface area contributed by atoms with E-state index in [-0.39, 0.29) is 21.1 Å². The van der Waals surface area contributed by atoms with Crippen LogP contribution in [0.5, 0.6) is 23.0 Å². The number of rotatable bonds is 11. The van der Waals surface area contributed by atoms with Crippen LogP contribution in [0.25, 0.3) is 72.1 Å². The molecule has 15 rings (SSSR count). The van der Waals surface area contributed by atoms with Crippen molar-refractivity contribution in [3.05, 3.63) is 272 Å². The van der Waals surface area contributed by atoms with Crippen molar-refractivity contribution in [2.45, 2.75) is 44.4 Å². The van der Waals surface area contributed by atoms with Gasteiger partial charge in [0.05, 0.1) is 0 Å². The summed E-state index contributed by atoms with van der Waals surface area (Å²) in [6.07, 6.45) is 8.82. The molecule has 0 N–H and O–H groups in total. The van der Waals surface area contributed by atoms with Crippen molar-refractivity contribution in [3.8, 4) is 73.3 Å². The summed E-state index contributed by atoms with van der Waals surface area (Å²) in [4.78, 5) is 9.59. The van der Waals surface area contributed by atoms with Crippen LogP contribution in [0, 0.1) is 18.8 Å². The molecule has 1 aliphatic heterocycles. The normalized spacial score (nSPS) is 13.7. The van der Waals surface area contributed by atoms with Gasteiger partial charge < -0.3 is 23.8 Å². The fourth-order valence-electron chi connectivity index (χ4n) is 12.9. The van der Waals surface area contributed by atoms with Gasteiger partial charge in [0, 0.05) is 89.7 Å². The molecular formula is C73H53N4O2Pt-3. The Morgan fingerprint density at radius 1 is 0.487 bits per heavy atom. The second-order valence-electron chi connectivity index (χ2n) is 20.8. The van der Waals surface area contributed by atoms with Gasteiger partial charge in [-0.3, -0.25) is 0 Å². The topological polar surface area (TPSA) is 42.8 Å². The van der Waals surface area contributed by atoms with Crippen LogP contribution in [0.1, 0.15) is 48.3 Å². The second-order valence-corrected chi connectivity index (χ2v) is 20.8. The van der Waals surface area contributed by atoms with Gasteiger partial charge in [-0.1, -0.05) is 175 Å². The number of nitrogens with zero attached hydrogens (tertiary/aromatic N) is 4. The largest absolute Gasteiger partial charge is 0.509 e. The predicted molar refractivity (Wildman–Crippen MR) is 321 cm³/mol. The first kappa shape index (κ1) is 49.3. The Bertz CT molecular complexity index is 4130. The second kappa shape index (κ2) is 21.0. The number of hydrogen-bond donors (Lipinski definition) is 0. The van der Waals surface area contributed by atoms with Gasteiger partial charge >= 0.3 is 0 Å². The summed E-state index contributed by atoms with van der Waals surface area (Å²) >= 11 is 0. The third-order valence-electron chi connectivity index (χ3n) is 16.2. The zero-order valence-electron chi connectivity index (χ0n) is 43.8. The van der Waals surface area contributed by atoms with Crippen molar-refractivity contribution < 1.29 is 30.5 Å². The maximum absolute atomic E-state index is 7.44. The standard InChI is InChI=1S/C73H53N4O2.Pt/c1-5-21-49(22-6-1)58-34-20-35-59(50-23-7-2-8-24-50)72(58)76-48-75(65-39-15-16-40-66(65)76)54-31-19-32-55(45-54)78-56-41-42-61-60-33-13-14-38-64(60)77(67(61)46-56)68-47-57(43-44-74-68)79-73-70(52-25-9-3-10-26-52)62-36-17-29-51-30-18-37-63(69(51)62)71(73)53-27-11-4-12-28-53;/h1-16,19-28,31-35,38-44,47-48,51H,17-18,29-30,36-37H2;/q-3;. The number of pyridine rings is 1. The first-order valence-corrected chi connectivity index (χ1v) is 27.6. The molecular weight excluding hydrogens is 1160 g/mol. The molecule has 80 heavy (non-hydrogen) atoms. The minimum absolute atomic E-state index is 0. The van der Waals surface area contributed by atoms with E-state index >= 15 is 0 Å². The van der Waals surface area contributed by atoms with E-state index in [0.29, 0.717) is 17.4 Å².